The molecule has 1 saturated heterocycles. The molecule has 3 rings (SSSR count). The van der Waals surface area contributed by atoms with Crippen LogP contribution in [0.2, 0.25) is 0 Å². The van der Waals surface area contributed by atoms with Crippen molar-refractivity contribution in [3.8, 4) is 0 Å². The van der Waals surface area contributed by atoms with Crippen molar-refractivity contribution in [3.05, 3.63) is 65.2 Å². The first-order valence-corrected chi connectivity index (χ1v) is 10.0. The number of ether oxygens (including phenoxy) is 1. The number of nitrogens with one attached hydrogen (secondary N) is 2. The fourth-order valence-corrected chi connectivity index (χ4v) is 3.24. The van der Waals surface area contributed by atoms with Gasteiger partial charge in [0.25, 0.3) is 0 Å². The largest absolute Gasteiger partial charge is 0.378 e. The Morgan fingerprint density at radius 2 is 1.87 bits per heavy atom. The number of nitrogens with zero attached hydrogens (tertiary/aromatic N) is 2. The molecular weight excluding hydrogens is 501 g/mol. The number of morpholine rings is 1. The Morgan fingerprint density at radius 3 is 2.57 bits per heavy atom. The Kier molecular flexibility index (Phi) is 10.3. The average molecular weight is 530 g/mol. The Morgan fingerprint density at radius 1 is 1.07 bits per heavy atom. The molecule has 1 aliphatic heterocycles. The third-order valence-electron chi connectivity index (χ3n) is 4.72. The number of aliphatic imine (C=N–C) groups is 1. The summed E-state index contributed by atoms with van der Waals surface area (Å²) in [5, 5.41) is 6.41. The van der Waals surface area contributed by atoms with Crippen molar-refractivity contribution < 1.29 is 13.5 Å². The van der Waals surface area contributed by atoms with Crippen LogP contribution in [0.15, 0.2) is 47.5 Å². The number of guanidine groups is 1. The monoisotopic (exact) mass is 530 g/mol. The first kappa shape index (κ1) is 24.3. The van der Waals surface area contributed by atoms with E-state index in [0.29, 0.717) is 57.5 Å². The average Bonchev–Trinajstić information content (AvgIpc) is 2.73. The minimum atomic E-state index is -0.233. The topological polar surface area (TPSA) is 48.9 Å². The zero-order valence-electron chi connectivity index (χ0n) is 17.2. The maximum absolute atomic E-state index is 14.5. The van der Waals surface area contributed by atoms with Crippen molar-refractivity contribution in [1.82, 2.24) is 10.6 Å². The van der Waals surface area contributed by atoms with Gasteiger partial charge in [-0.15, -0.1) is 24.0 Å². The summed E-state index contributed by atoms with van der Waals surface area (Å²) in [7, 11) is 0. The summed E-state index contributed by atoms with van der Waals surface area (Å²) in [5.74, 6) is 0.191. The molecule has 0 unspecified atom stereocenters. The van der Waals surface area contributed by atoms with E-state index in [1.165, 1.54) is 12.1 Å². The van der Waals surface area contributed by atoms with Gasteiger partial charge < -0.3 is 20.3 Å². The van der Waals surface area contributed by atoms with E-state index in [1.807, 2.05) is 30.0 Å². The second-order valence-electron chi connectivity index (χ2n) is 6.89. The van der Waals surface area contributed by atoms with E-state index in [2.05, 4.69) is 15.6 Å². The molecule has 2 aromatic carbocycles. The van der Waals surface area contributed by atoms with E-state index in [4.69, 9.17) is 4.74 Å². The van der Waals surface area contributed by atoms with Gasteiger partial charge in [0.1, 0.15) is 11.6 Å². The quantitative estimate of drug-likeness (QED) is 0.326. The maximum atomic E-state index is 14.5. The van der Waals surface area contributed by atoms with Crippen LogP contribution in [0.4, 0.5) is 14.5 Å². The third-order valence-corrected chi connectivity index (χ3v) is 4.72. The Balaban J connectivity index is 0.00000320. The molecule has 5 nitrogen and oxygen atoms in total. The minimum Gasteiger partial charge on any atom is -0.378 e. The number of hydrogen-bond donors (Lipinski definition) is 2. The lowest BCUT2D eigenvalue weighted by atomic mass is 10.1. The van der Waals surface area contributed by atoms with E-state index >= 15 is 0 Å². The van der Waals surface area contributed by atoms with E-state index in [-0.39, 0.29) is 35.6 Å². The van der Waals surface area contributed by atoms with Crippen molar-refractivity contribution in [1.29, 1.82) is 0 Å². The van der Waals surface area contributed by atoms with Gasteiger partial charge in [-0.05, 0) is 48.7 Å². The first-order valence-electron chi connectivity index (χ1n) is 10.0. The highest BCUT2D eigenvalue weighted by Gasteiger charge is 2.15. The maximum Gasteiger partial charge on any atom is 0.191 e. The van der Waals surface area contributed by atoms with Gasteiger partial charge in [-0.1, -0.05) is 18.2 Å². The molecule has 0 spiro atoms. The van der Waals surface area contributed by atoms with Crippen molar-refractivity contribution in [2.24, 2.45) is 4.99 Å². The van der Waals surface area contributed by atoms with Gasteiger partial charge in [0, 0.05) is 26.2 Å². The molecule has 0 saturated carbocycles. The molecule has 0 aromatic heterocycles. The van der Waals surface area contributed by atoms with Crippen LogP contribution in [-0.2, 0) is 17.7 Å². The second-order valence-corrected chi connectivity index (χ2v) is 6.89. The standard InChI is InChI=1S/C22H28F2N4O.HI/c1-2-25-22(26-9-8-17-4-3-5-19(23)14-17)27-16-18-6-7-21(20(24)15-18)28-10-12-29-13-11-28;/h3-7,14-15H,2,8-13,16H2,1H3,(H2,25,26,27);1H. The smallest absolute Gasteiger partial charge is 0.191 e. The fraction of sp³-hybridized carbons (Fsp3) is 0.409. The molecule has 0 radical (unpaired) electrons. The van der Waals surface area contributed by atoms with Crippen molar-refractivity contribution >= 4 is 35.6 Å². The zero-order valence-corrected chi connectivity index (χ0v) is 19.5. The van der Waals surface area contributed by atoms with E-state index in [0.717, 1.165) is 17.7 Å². The van der Waals surface area contributed by atoms with Gasteiger partial charge >= 0.3 is 0 Å². The van der Waals surface area contributed by atoms with Crippen molar-refractivity contribution in [2.75, 3.05) is 44.3 Å². The summed E-state index contributed by atoms with van der Waals surface area (Å²) in [6.07, 6.45) is 0.686. The summed E-state index contributed by atoms with van der Waals surface area (Å²) < 4.78 is 33.1. The van der Waals surface area contributed by atoms with Crippen LogP contribution < -0.4 is 15.5 Å². The van der Waals surface area contributed by atoms with Crippen LogP contribution in [0.3, 0.4) is 0 Å². The molecule has 0 amide bonds. The molecule has 1 fully saturated rings. The number of anilines is 1. The highest BCUT2D eigenvalue weighted by atomic mass is 127. The van der Waals surface area contributed by atoms with Crippen LogP contribution >= 0.6 is 24.0 Å². The third kappa shape index (κ3) is 7.39. The van der Waals surface area contributed by atoms with E-state index in [1.54, 1.807) is 12.1 Å². The predicted molar refractivity (Wildman–Crippen MR) is 128 cm³/mol. The van der Waals surface area contributed by atoms with E-state index in [9.17, 15) is 8.78 Å². The molecule has 2 aromatic rings. The van der Waals surface area contributed by atoms with Crippen molar-refractivity contribution in [2.45, 2.75) is 19.9 Å². The van der Waals surface area contributed by atoms with Crippen molar-refractivity contribution in [3.63, 3.8) is 0 Å². The fourth-order valence-electron chi connectivity index (χ4n) is 3.24. The Bertz CT molecular complexity index is 829. The van der Waals surface area contributed by atoms with Crippen LogP contribution in [0.1, 0.15) is 18.1 Å². The van der Waals surface area contributed by atoms with Crippen LogP contribution in [0.5, 0.6) is 0 Å². The van der Waals surface area contributed by atoms with Gasteiger partial charge in [-0.2, -0.15) is 0 Å². The Hall–Kier alpha value is -1.94. The molecular formula is C22H29F2IN4O. The SMILES string of the molecule is CCNC(=NCc1ccc(N2CCOCC2)c(F)c1)NCCc1cccc(F)c1.I. The highest BCUT2D eigenvalue weighted by Crippen LogP contribution is 2.22. The molecule has 0 aliphatic carbocycles. The summed E-state index contributed by atoms with van der Waals surface area (Å²) in [6.45, 7) is 6.35. The van der Waals surface area contributed by atoms with Gasteiger partial charge in [0.05, 0.1) is 25.4 Å². The lowest BCUT2D eigenvalue weighted by Crippen LogP contribution is -2.38. The normalized spacial score (nSPS) is 14.2. The second kappa shape index (κ2) is 12.7. The van der Waals surface area contributed by atoms with Crippen LogP contribution in [0.25, 0.3) is 0 Å². The van der Waals surface area contributed by atoms with Gasteiger partial charge in [0.2, 0.25) is 0 Å². The lowest BCUT2D eigenvalue weighted by molar-refractivity contribution is 0.122. The highest BCUT2D eigenvalue weighted by molar-refractivity contribution is 14.0. The number of benzene rings is 2. The number of hydrogen-bond acceptors (Lipinski definition) is 3. The zero-order chi connectivity index (χ0) is 20.5. The molecule has 2 N–H and O–H groups in total. The van der Waals surface area contributed by atoms with E-state index < -0.39 is 0 Å². The lowest BCUT2D eigenvalue weighted by Gasteiger charge is -2.29. The van der Waals surface area contributed by atoms with Gasteiger partial charge in [-0.3, -0.25) is 0 Å². The molecule has 1 heterocycles. The van der Waals surface area contributed by atoms with Gasteiger partial charge in [0.15, 0.2) is 5.96 Å². The summed E-state index contributed by atoms with van der Waals surface area (Å²) in [4.78, 5) is 6.54. The minimum absolute atomic E-state index is 0. The molecule has 0 bridgehead atoms. The summed E-state index contributed by atoms with van der Waals surface area (Å²) in [6, 6.07) is 11.8. The number of rotatable bonds is 7. The van der Waals surface area contributed by atoms with Gasteiger partial charge in [-0.25, -0.2) is 13.8 Å². The number of halogens is 3. The predicted octanol–water partition coefficient (Wildman–Crippen LogP) is 3.72. The molecule has 30 heavy (non-hydrogen) atoms. The molecule has 1 aliphatic rings. The molecule has 0 atom stereocenters. The first-order chi connectivity index (χ1) is 14.2. The van der Waals surface area contributed by atoms with Crippen LogP contribution in [-0.4, -0.2) is 45.4 Å². The Labute approximate surface area is 193 Å². The molecule has 8 heteroatoms. The summed E-state index contributed by atoms with van der Waals surface area (Å²) >= 11 is 0. The summed E-state index contributed by atoms with van der Waals surface area (Å²) in [5.41, 5.74) is 2.34. The molecule has 164 valence electrons. The van der Waals surface area contributed by atoms with Crippen LogP contribution in [0, 0.1) is 11.6 Å².